The molecule has 0 saturated carbocycles. The molecule has 3 aromatic carbocycles. The Labute approximate surface area is 195 Å². The van der Waals surface area contributed by atoms with E-state index in [2.05, 4.69) is 9.88 Å². The van der Waals surface area contributed by atoms with Gasteiger partial charge in [0.2, 0.25) is 0 Å². The molecule has 1 aromatic heterocycles. The Morgan fingerprint density at radius 3 is 2.32 bits per heavy atom. The number of H-pyrrole nitrogens is 1. The molecular weight excluding hydrogens is 432 g/mol. The number of amides is 1. The Kier molecular flexibility index (Phi) is 5.63. The van der Waals surface area contributed by atoms with Crippen LogP contribution in [0.25, 0.3) is 16.6 Å². The Morgan fingerprint density at radius 2 is 1.59 bits per heavy atom. The molecule has 172 valence electrons. The van der Waals surface area contributed by atoms with Crippen LogP contribution in [0.15, 0.2) is 82.4 Å². The first-order valence-corrected chi connectivity index (χ1v) is 11.1. The Bertz CT molecular complexity index is 1470. The zero-order chi connectivity index (χ0) is 23.7. The van der Waals surface area contributed by atoms with E-state index in [1.165, 1.54) is 0 Å². The standard InChI is InChI=1S/C26H24N4O4/c1-34-21-9-5-8-20(17-21)28-12-14-29(15-13-28)24(31)18-10-11-22-23(16-18)27-26(33)30(25(22)32)19-6-3-2-4-7-19/h2-11,16-17H,12-15H2,1H3,(H,27,33). The molecule has 0 radical (unpaired) electrons. The number of aromatic nitrogens is 2. The van der Waals surface area contributed by atoms with E-state index < -0.39 is 11.2 Å². The zero-order valence-corrected chi connectivity index (χ0v) is 18.7. The lowest BCUT2D eigenvalue weighted by atomic mass is 10.1. The van der Waals surface area contributed by atoms with Gasteiger partial charge in [0.05, 0.1) is 23.7 Å². The molecule has 1 fully saturated rings. The smallest absolute Gasteiger partial charge is 0.333 e. The van der Waals surface area contributed by atoms with Crippen LogP contribution in [0.3, 0.4) is 0 Å². The number of ether oxygens (including phenoxy) is 1. The number of carbonyl (C=O) groups excluding carboxylic acids is 1. The molecule has 0 unspecified atom stereocenters. The van der Waals surface area contributed by atoms with Crippen molar-refractivity contribution in [2.75, 3.05) is 38.2 Å². The molecule has 0 bridgehead atoms. The van der Waals surface area contributed by atoms with Crippen LogP contribution >= 0.6 is 0 Å². The highest BCUT2D eigenvalue weighted by atomic mass is 16.5. The molecule has 1 amide bonds. The molecule has 34 heavy (non-hydrogen) atoms. The number of fused-ring (bicyclic) bond motifs is 1. The fourth-order valence-corrected chi connectivity index (χ4v) is 4.32. The first-order chi connectivity index (χ1) is 16.5. The van der Waals surface area contributed by atoms with Crippen molar-refractivity contribution in [3.05, 3.63) is 99.2 Å². The number of carbonyl (C=O) groups is 1. The summed E-state index contributed by atoms with van der Waals surface area (Å²) in [6, 6.07) is 21.5. The van der Waals surface area contributed by atoms with Gasteiger partial charge in [-0.2, -0.15) is 0 Å². The summed E-state index contributed by atoms with van der Waals surface area (Å²) >= 11 is 0. The number of piperazine rings is 1. The third kappa shape index (κ3) is 3.94. The van der Waals surface area contributed by atoms with Crippen LogP contribution < -0.4 is 20.9 Å². The second kappa shape index (κ2) is 8.90. The van der Waals surface area contributed by atoms with E-state index in [1.807, 2.05) is 30.3 Å². The highest BCUT2D eigenvalue weighted by Gasteiger charge is 2.23. The molecule has 8 nitrogen and oxygen atoms in total. The summed E-state index contributed by atoms with van der Waals surface area (Å²) in [5.74, 6) is 0.674. The van der Waals surface area contributed by atoms with Crippen LogP contribution in [0, 0.1) is 0 Å². The number of nitrogens with one attached hydrogen (secondary N) is 1. The number of methoxy groups -OCH3 is 1. The van der Waals surface area contributed by atoms with Gasteiger partial charge in [0, 0.05) is 43.5 Å². The predicted molar refractivity (Wildman–Crippen MR) is 131 cm³/mol. The van der Waals surface area contributed by atoms with Crippen molar-refractivity contribution >= 4 is 22.5 Å². The van der Waals surface area contributed by atoms with Crippen LogP contribution in [-0.4, -0.2) is 53.6 Å². The highest BCUT2D eigenvalue weighted by Crippen LogP contribution is 2.23. The molecule has 2 heterocycles. The number of benzene rings is 3. The Balaban J connectivity index is 1.37. The molecule has 8 heteroatoms. The minimum atomic E-state index is -0.541. The summed E-state index contributed by atoms with van der Waals surface area (Å²) in [6.07, 6.45) is 0. The summed E-state index contributed by atoms with van der Waals surface area (Å²) in [5, 5.41) is 0.350. The second-order valence-corrected chi connectivity index (χ2v) is 8.15. The molecule has 1 aliphatic rings. The topological polar surface area (TPSA) is 87.6 Å². The normalized spacial score (nSPS) is 13.8. The zero-order valence-electron chi connectivity index (χ0n) is 18.7. The van der Waals surface area contributed by atoms with Gasteiger partial charge in [-0.15, -0.1) is 0 Å². The van der Waals surface area contributed by atoms with Gasteiger partial charge in [-0.3, -0.25) is 9.59 Å². The van der Waals surface area contributed by atoms with E-state index in [9.17, 15) is 14.4 Å². The molecule has 4 aromatic rings. The Morgan fingerprint density at radius 1 is 0.853 bits per heavy atom. The van der Waals surface area contributed by atoms with Crippen LogP contribution in [-0.2, 0) is 0 Å². The van der Waals surface area contributed by atoms with Gasteiger partial charge in [0.1, 0.15) is 5.75 Å². The lowest BCUT2D eigenvalue weighted by molar-refractivity contribution is 0.0747. The van der Waals surface area contributed by atoms with E-state index in [4.69, 9.17) is 4.74 Å². The molecule has 0 aliphatic carbocycles. The van der Waals surface area contributed by atoms with Crippen LogP contribution in [0.5, 0.6) is 5.75 Å². The fraction of sp³-hybridized carbons (Fsp3) is 0.192. The molecule has 5 rings (SSSR count). The minimum Gasteiger partial charge on any atom is -0.497 e. The first kappa shape index (κ1) is 21.5. The number of anilines is 1. The maximum absolute atomic E-state index is 13.2. The average Bonchev–Trinajstić information content (AvgIpc) is 2.88. The van der Waals surface area contributed by atoms with E-state index in [1.54, 1.807) is 54.5 Å². The number of rotatable bonds is 4. The van der Waals surface area contributed by atoms with E-state index in [0.717, 1.165) is 16.0 Å². The summed E-state index contributed by atoms with van der Waals surface area (Å²) in [5.41, 5.74) is 1.38. The SMILES string of the molecule is COc1cccc(N2CCN(C(=O)c3ccc4c(=O)n(-c5ccccc5)c(=O)[nH]c4c3)CC2)c1. The second-order valence-electron chi connectivity index (χ2n) is 8.15. The summed E-state index contributed by atoms with van der Waals surface area (Å²) in [4.78, 5) is 45.6. The largest absolute Gasteiger partial charge is 0.497 e. The lowest BCUT2D eigenvalue weighted by Gasteiger charge is -2.36. The molecule has 0 atom stereocenters. The van der Waals surface area contributed by atoms with Crippen LogP contribution in [0.1, 0.15) is 10.4 Å². The summed E-state index contributed by atoms with van der Waals surface area (Å²) in [7, 11) is 1.64. The van der Waals surface area contributed by atoms with Gasteiger partial charge >= 0.3 is 5.69 Å². The van der Waals surface area contributed by atoms with Crippen molar-refractivity contribution < 1.29 is 9.53 Å². The van der Waals surface area contributed by atoms with Crippen LogP contribution in [0.4, 0.5) is 5.69 Å². The molecule has 1 aliphatic heterocycles. The molecule has 1 saturated heterocycles. The first-order valence-electron chi connectivity index (χ1n) is 11.1. The van der Waals surface area contributed by atoms with Crippen molar-refractivity contribution in [1.82, 2.24) is 14.5 Å². The maximum Gasteiger partial charge on any atom is 0.333 e. The van der Waals surface area contributed by atoms with Gasteiger partial charge in [-0.05, 0) is 42.5 Å². The third-order valence-electron chi connectivity index (χ3n) is 6.14. The van der Waals surface area contributed by atoms with Crippen LogP contribution in [0.2, 0.25) is 0 Å². The molecular formula is C26H24N4O4. The summed E-state index contributed by atoms with van der Waals surface area (Å²) < 4.78 is 6.41. The van der Waals surface area contributed by atoms with Crippen molar-refractivity contribution in [2.24, 2.45) is 0 Å². The van der Waals surface area contributed by atoms with Crippen molar-refractivity contribution in [3.63, 3.8) is 0 Å². The maximum atomic E-state index is 13.2. The van der Waals surface area contributed by atoms with Gasteiger partial charge in [-0.1, -0.05) is 24.3 Å². The quantitative estimate of drug-likeness (QED) is 0.510. The third-order valence-corrected chi connectivity index (χ3v) is 6.14. The fourth-order valence-electron chi connectivity index (χ4n) is 4.32. The molecule has 1 N–H and O–H groups in total. The van der Waals surface area contributed by atoms with E-state index >= 15 is 0 Å². The monoisotopic (exact) mass is 456 g/mol. The number of aromatic amines is 1. The Hall–Kier alpha value is -4.33. The number of para-hydroxylation sites is 1. The van der Waals surface area contributed by atoms with Gasteiger partial charge in [0.25, 0.3) is 11.5 Å². The summed E-state index contributed by atoms with van der Waals surface area (Å²) in [6.45, 7) is 2.54. The van der Waals surface area contributed by atoms with Crippen molar-refractivity contribution in [2.45, 2.75) is 0 Å². The lowest BCUT2D eigenvalue weighted by Crippen LogP contribution is -2.48. The van der Waals surface area contributed by atoms with Gasteiger partial charge in [0.15, 0.2) is 0 Å². The average molecular weight is 457 g/mol. The highest BCUT2D eigenvalue weighted by molar-refractivity contribution is 5.97. The van der Waals surface area contributed by atoms with Gasteiger partial charge in [-0.25, -0.2) is 9.36 Å². The van der Waals surface area contributed by atoms with E-state index in [-0.39, 0.29) is 5.91 Å². The molecule has 0 spiro atoms. The van der Waals surface area contributed by atoms with Crippen molar-refractivity contribution in [1.29, 1.82) is 0 Å². The minimum absolute atomic E-state index is 0.125. The predicted octanol–water partition coefficient (Wildman–Crippen LogP) is 2.65. The van der Waals surface area contributed by atoms with Gasteiger partial charge < -0.3 is 19.5 Å². The van der Waals surface area contributed by atoms with E-state index in [0.29, 0.717) is 48.3 Å². The number of hydrogen-bond acceptors (Lipinski definition) is 5. The number of nitrogens with zero attached hydrogens (tertiary/aromatic N) is 3. The van der Waals surface area contributed by atoms with Crippen molar-refractivity contribution in [3.8, 4) is 11.4 Å². The number of hydrogen-bond donors (Lipinski definition) is 1.